The molecule has 0 aliphatic heterocycles. The van der Waals surface area contributed by atoms with E-state index in [1.54, 1.807) is 11.3 Å². The van der Waals surface area contributed by atoms with E-state index in [1.807, 2.05) is 13.1 Å². The Balaban J connectivity index is 2.19. The Bertz CT molecular complexity index is 542. The van der Waals surface area contributed by atoms with Crippen LogP contribution in [0.5, 0.6) is 0 Å². The van der Waals surface area contributed by atoms with Gasteiger partial charge in [-0.15, -0.1) is 11.3 Å². The van der Waals surface area contributed by atoms with Crippen LogP contribution in [0.15, 0.2) is 38.6 Å². The molecule has 2 aromatic rings. The van der Waals surface area contributed by atoms with Crippen molar-refractivity contribution in [3.8, 4) is 0 Å². The fourth-order valence-electron chi connectivity index (χ4n) is 1.78. The first kappa shape index (κ1) is 14.5. The van der Waals surface area contributed by atoms with E-state index >= 15 is 0 Å². The Hall–Kier alpha value is 0.130. The van der Waals surface area contributed by atoms with E-state index in [-0.39, 0.29) is 0 Å². The van der Waals surface area contributed by atoms with Crippen molar-refractivity contribution in [2.24, 2.45) is 0 Å². The van der Waals surface area contributed by atoms with Crippen molar-refractivity contribution in [3.05, 3.63) is 54.1 Å². The van der Waals surface area contributed by atoms with Gasteiger partial charge in [-0.1, -0.05) is 17.7 Å². The van der Waals surface area contributed by atoms with E-state index in [4.69, 9.17) is 11.6 Å². The smallest absolute Gasteiger partial charge is 0.0548 e. The molecule has 0 bridgehead atoms. The summed E-state index contributed by atoms with van der Waals surface area (Å²) in [4.78, 5) is 1.35. The predicted molar refractivity (Wildman–Crippen MR) is 86.7 cm³/mol. The van der Waals surface area contributed by atoms with Crippen LogP contribution in [0, 0.1) is 0 Å². The fourth-order valence-corrected chi connectivity index (χ4v) is 3.79. The quantitative estimate of drug-likeness (QED) is 0.710. The summed E-state index contributed by atoms with van der Waals surface area (Å²) in [5.74, 6) is 0. The van der Waals surface area contributed by atoms with E-state index in [2.05, 4.69) is 60.8 Å². The summed E-state index contributed by atoms with van der Waals surface area (Å²) in [5.41, 5.74) is 1.23. The lowest BCUT2D eigenvalue weighted by molar-refractivity contribution is 0.596. The first-order chi connectivity index (χ1) is 8.60. The van der Waals surface area contributed by atoms with Gasteiger partial charge in [0.15, 0.2) is 0 Å². The van der Waals surface area contributed by atoms with Gasteiger partial charge >= 0.3 is 0 Å². The molecule has 1 unspecified atom stereocenters. The Morgan fingerprint density at radius 3 is 2.67 bits per heavy atom. The molecule has 1 nitrogen and oxygen atoms in total. The lowest BCUT2D eigenvalue weighted by Crippen LogP contribution is -2.18. The van der Waals surface area contributed by atoms with Crippen molar-refractivity contribution in [2.75, 3.05) is 7.05 Å². The lowest BCUT2D eigenvalue weighted by atomic mass is 10.0. The number of rotatable bonds is 4. The third-order valence-corrected chi connectivity index (χ3v) is 5.66. The monoisotopic (exact) mass is 407 g/mol. The van der Waals surface area contributed by atoms with Gasteiger partial charge in [-0.2, -0.15) is 0 Å². The van der Waals surface area contributed by atoms with Gasteiger partial charge in [0, 0.05) is 31.7 Å². The van der Waals surface area contributed by atoms with Gasteiger partial charge in [-0.25, -0.2) is 0 Å². The van der Waals surface area contributed by atoms with Crippen molar-refractivity contribution < 1.29 is 0 Å². The predicted octanol–water partition coefficient (Wildman–Crippen LogP) is 5.43. The average molecular weight is 410 g/mol. The number of hydrogen-bond acceptors (Lipinski definition) is 2. The molecule has 5 heteroatoms. The molecule has 1 aromatic heterocycles. The van der Waals surface area contributed by atoms with E-state index in [0.29, 0.717) is 6.04 Å². The van der Waals surface area contributed by atoms with Crippen LogP contribution in [-0.2, 0) is 6.42 Å². The van der Waals surface area contributed by atoms with Gasteiger partial charge in [0.25, 0.3) is 0 Å². The lowest BCUT2D eigenvalue weighted by Gasteiger charge is -2.16. The number of likely N-dealkylation sites (N-methyl/N-ethyl adjacent to an activating group) is 1. The zero-order valence-corrected chi connectivity index (χ0v) is 14.5. The molecular weight excluding hydrogens is 397 g/mol. The minimum absolute atomic E-state index is 0.295. The van der Waals surface area contributed by atoms with Crippen molar-refractivity contribution >= 4 is 54.8 Å². The first-order valence-corrected chi connectivity index (χ1v) is 8.29. The van der Waals surface area contributed by atoms with E-state index in [1.165, 1.54) is 10.4 Å². The second-order valence-corrected chi connectivity index (χ2v) is 7.12. The maximum atomic E-state index is 6.02. The summed E-state index contributed by atoms with van der Waals surface area (Å²) < 4.78 is 2.09. The topological polar surface area (TPSA) is 12.0 Å². The molecule has 0 spiro atoms. The normalized spacial score (nSPS) is 12.7. The van der Waals surface area contributed by atoms with Gasteiger partial charge in [0.05, 0.1) is 5.02 Å². The fraction of sp³-hybridized carbons (Fsp3) is 0.231. The van der Waals surface area contributed by atoms with Crippen molar-refractivity contribution in [3.63, 3.8) is 0 Å². The van der Waals surface area contributed by atoms with Crippen LogP contribution in [0.4, 0.5) is 0 Å². The Morgan fingerprint density at radius 2 is 2.11 bits per heavy atom. The number of nitrogens with one attached hydrogen (secondary N) is 1. The molecule has 1 heterocycles. The van der Waals surface area contributed by atoms with Crippen LogP contribution in [0.1, 0.15) is 16.5 Å². The second kappa shape index (κ2) is 6.53. The molecule has 1 aromatic carbocycles. The maximum Gasteiger partial charge on any atom is 0.0548 e. The van der Waals surface area contributed by atoms with Crippen LogP contribution in [0.2, 0.25) is 5.02 Å². The van der Waals surface area contributed by atoms with Gasteiger partial charge < -0.3 is 5.32 Å². The minimum Gasteiger partial charge on any atom is -0.313 e. The summed E-state index contributed by atoms with van der Waals surface area (Å²) >= 11 is 14.7. The Kier molecular flexibility index (Phi) is 5.27. The zero-order valence-electron chi connectivity index (χ0n) is 9.71. The highest BCUT2D eigenvalue weighted by molar-refractivity contribution is 9.10. The van der Waals surface area contributed by atoms with Crippen LogP contribution < -0.4 is 5.32 Å². The van der Waals surface area contributed by atoms with Crippen molar-refractivity contribution in [1.82, 2.24) is 5.32 Å². The molecule has 0 radical (unpaired) electrons. The van der Waals surface area contributed by atoms with Gasteiger partial charge in [-0.05, 0) is 62.7 Å². The molecule has 1 atom stereocenters. The largest absolute Gasteiger partial charge is 0.313 e. The highest BCUT2D eigenvalue weighted by Gasteiger charge is 2.12. The molecule has 96 valence electrons. The zero-order chi connectivity index (χ0) is 13.1. The van der Waals surface area contributed by atoms with E-state index < -0.39 is 0 Å². The molecular formula is C13H12Br2ClNS. The number of benzene rings is 1. The van der Waals surface area contributed by atoms with Crippen LogP contribution in [0.3, 0.4) is 0 Å². The van der Waals surface area contributed by atoms with Gasteiger partial charge in [-0.3, -0.25) is 0 Å². The average Bonchev–Trinajstić information content (AvgIpc) is 2.75. The highest BCUT2D eigenvalue weighted by atomic mass is 79.9. The molecule has 0 aliphatic carbocycles. The standard InChI is InChI=1S/C13H12Br2ClNS/c1-17-13(6-10-5-9(14)7-18-10)8-2-3-12(16)11(15)4-8/h2-5,7,13,17H,6H2,1H3. The summed E-state index contributed by atoms with van der Waals surface area (Å²) in [6, 6.07) is 8.53. The maximum absolute atomic E-state index is 6.02. The van der Waals surface area contributed by atoms with Crippen LogP contribution in [-0.4, -0.2) is 7.05 Å². The number of halogens is 3. The van der Waals surface area contributed by atoms with Gasteiger partial charge in [0.1, 0.15) is 0 Å². The second-order valence-electron chi connectivity index (χ2n) is 3.95. The molecule has 1 N–H and O–H groups in total. The van der Waals surface area contributed by atoms with Gasteiger partial charge in [0.2, 0.25) is 0 Å². The molecule has 0 fully saturated rings. The molecule has 0 saturated carbocycles. The van der Waals surface area contributed by atoms with Crippen molar-refractivity contribution in [2.45, 2.75) is 12.5 Å². The highest BCUT2D eigenvalue weighted by Crippen LogP contribution is 2.29. The Morgan fingerprint density at radius 1 is 1.33 bits per heavy atom. The number of thiophene rings is 1. The van der Waals surface area contributed by atoms with E-state index in [9.17, 15) is 0 Å². The number of hydrogen-bond donors (Lipinski definition) is 1. The van der Waals surface area contributed by atoms with Crippen molar-refractivity contribution in [1.29, 1.82) is 0 Å². The summed E-state index contributed by atoms with van der Waals surface area (Å²) in [6.45, 7) is 0. The van der Waals surface area contributed by atoms with E-state index in [0.717, 1.165) is 20.4 Å². The van der Waals surface area contributed by atoms with Crippen LogP contribution in [0.25, 0.3) is 0 Å². The summed E-state index contributed by atoms with van der Waals surface area (Å²) in [6.07, 6.45) is 0.973. The third kappa shape index (κ3) is 3.58. The molecule has 2 rings (SSSR count). The molecule has 0 saturated heterocycles. The molecule has 18 heavy (non-hydrogen) atoms. The minimum atomic E-state index is 0.295. The summed E-state index contributed by atoms with van der Waals surface area (Å²) in [5, 5.41) is 6.20. The molecule has 0 amide bonds. The molecule has 0 aliphatic rings. The Labute approximate surface area is 133 Å². The first-order valence-electron chi connectivity index (χ1n) is 5.45. The van der Waals surface area contributed by atoms with Crippen LogP contribution >= 0.6 is 54.8 Å². The third-order valence-electron chi connectivity index (χ3n) is 2.72. The SMILES string of the molecule is CNC(Cc1cc(Br)cs1)c1ccc(Cl)c(Br)c1. The summed E-state index contributed by atoms with van der Waals surface area (Å²) in [7, 11) is 1.98.